The van der Waals surface area contributed by atoms with Crippen LogP contribution in [0.4, 0.5) is 0 Å². The Labute approximate surface area is 141 Å². The molecule has 2 heterocycles. The van der Waals surface area contributed by atoms with Crippen molar-refractivity contribution < 1.29 is 4.74 Å². The van der Waals surface area contributed by atoms with Crippen molar-refractivity contribution in [1.29, 1.82) is 0 Å². The number of benzene rings is 1. The molecular formula is C18H23N3OS. The number of aryl methyl sites for hydroxylation is 2. The summed E-state index contributed by atoms with van der Waals surface area (Å²) >= 11 is 1.75. The van der Waals surface area contributed by atoms with Crippen molar-refractivity contribution in [2.75, 3.05) is 20.7 Å². The maximum Gasteiger partial charge on any atom is 0.119 e. The molecule has 0 saturated heterocycles. The van der Waals surface area contributed by atoms with Crippen LogP contribution in [-0.4, -0.2) is 35.6 Å². The maximum absolute atomic E-state index is 5.33. The molecule has 0 fully saturated rings. The van der Waals surface area contributed by atoms with Gasteiger partial charge in [-0.3, -0.25) is 0 Å². The monoisotopic (exact) mass is 329 g/mol. The van der Waals surface area contributed by atoms with Crippen LogP contribution < -0.4 is 4.74 Å². The van der Waals surface area contributed by atoms with Crippen molar-refractivity contribution in [2.45, 2.75) is 26.8 Å². The maximum atomic E-state index is 5.33. The Bertz CT molecular complexity index is 806. The number of likely N-dealkylation sites (N-methyl/N-ethyl adjacent to an activating group) is 1. The molecule has 0 aliphatic rings. The Hall–Kier alpha value is -1.85. The minimum absolute atomic E-state index is 0.903. The van der Waals surface area contributed by atoms with Gasteiger partial charge < -0.3 is 14.6 Å². The molecule has 23 heavy (non-hydrogen) atoms. The summed E-state index contributed by atoms with van der Waals surface area (Å²) in [7, 11) is 3.88. The van der Waals surface area contributed by atoms with Crippen LogP contribution in [0.25, 0.3) is 10.9 Å². The van der Waals surface area contributed by atoms with Gasteiger partial charge in [-0.1, -0.05) is 0 Å². The van der Waals surface area contributed by atoms with Crippen molar-refractivity contribution in [2.24, 2.45) is 0 Å². The molecule has 0 unspecified atom stereocenters. The molecule has 3 aromatic rings. The second kappa shape index (κ2) is 6.72. The second-order valence-corrected chi connectivity index (χ2v) is 6.93. The Balaban J connectivity index is 1.70. The fourth-order valence-electron chi connectivity index (χ4n) is 2.85. The Kier molecular flexibility index (Phi) is 4.68. The van der Waals surface area contributed by atoms with Crippen LogP contribution >= 0.6 is 11.3 Å². The van der Waals surface area contributed by atoms with Gasteiger partial charge >= 0.3 is 0 Å². The highest BCUT2D eigenvalue weighted by atomic mass is 32.1. The number of rotatable bonds is 6. The number of hydrogen-bond donors (Lipinski definition) is 1. The fourth-order valence-corrected chi connectivity index (χ4v) is 3.62. The summed E-state index contributed by atoms with van der Waals surface area (Å²) in [6.07, 6.45) is 1.06. The minimum atomic E-state index is 0.903. The number of H-pyrrole nitrogens is 1. The van der Waals surface area contributed by atoms with Crippen LogP contribution in [0.15, 0.2) is 23.7 Å². The van der Waals surface area contributed by atoms with Crippen LogP contribution in [0.5, 0.6) is 5.75 Å². The topological polar surface area (TPSA) is 41.1 Å². The molecular weight excluding hydrogens is 306 g/mol. The number of nitrogens with zero attached hydrogens (tertiary/aromatic N) is 2. The van der Waals surface area contributed by atoms with Gasteiger partial charge in [-0.25, -0.2) is 4.98 Å². The molecule has 0 spiro atoms. The lowest BCUT2D eigenvalue weighted by Crippen LogP contribution is -2.21. The molecule has 5 heteroatoms. The summed E-state index contributed by atoms with van der Waals surface area (Å²) in [5.41, 5.74) is 6.85. The lowest BCUT2D eigenvalue weighted by molar-refractivity contribution is 0.328. The molecule has 4 nitrogen and oxygen atoms in total. The molecule has 0 radical (unpaired) electrons. The SMILES string of the molecule is COc1ccc2[nH]c(CN(C)CCc3scnc3C)c(C)c2c1. The first-order valence-electron chi connectivity index (χ1n) is 7.81. The van der Waals surface area contributed by atoms with E-state index in [0.717, 1.165) is 31.0 Å². The van der Waals surface area contributed by atoms with E-state index in [0.29, 0.717) is 0 Å². The highest BCUT2D eigenvalue weighted by molar-refractivity contribution is 7.09. The fraction of sp³-hybridized carbons (Fsp3) is 0.389. The normalized spacial score (nSPS) is 11.5. The lowest BCUT2D eigenvalue weighted by Gasteiger charge is -2.16. The molecule has 0 atom stereocenters. The van der Waals surface area contributed by atoms with Crippen LogP contribution in [0, 0.1) is 13.8 Å². The van der Waals surface area contributed by atoms with E-state index < -0.39 is 0 Å². The summed E-state index contributed by atoms with van der Waals surface area (Å²) < 4.78 is 5.33. The predicted octanol–water partition coefficient (Wildman–Crippen LogP) is 3.92. The highest BCUT2D eigenvalue weighted by Gasteiger charge is 2.11. The van der Waals surface area contributed by atoms with Gasteiger partial charge in [0.2, 0.25) is 0 Å². The van der Waals surface area contributed by atoms with Crippen LogP contribution in [0.1, 0.15) is 21.8 Å². The average molecular weight is 329 g/mol. The van der Waals surface area contributed by atoms with Gasteiger partial charge in [0.1, 0.15) is 5.75 Å². The molecule has 3 rings (SSSR count). The second-order valence-electron chi connectivity index (χ2n) is 5.99. The molecule has 0 aliphatic carbocycles. The standard InChI is InChI=1S/C18H23N3OS/c1-12-15-9-14(22-4)5-6-16(15)20-17(12)10-21(3)8-7-18-13(2)19-11-23-18/h5-6,9,11,20H,7-8,10H2,1-4H3. The number of thiazole rings is 1. The minimum Gasteiger partial charge on any atom is -0.497 e. The van der Waals surface area contributed by atoms with Crippen LogP contribution in [0.3, 0.4) is 0 Å². The van der Waals surface area contributed by atoms with Gasteiger partial charge in [-0.05, 0) is 51.1 Å². The van der Waals surface area contributed by atoms with Gasteiger partial charge in [0, 0.05) is 34.6 Å². The van der Waals surface area contributed by atoms with E-state index in [9.17, 15) is 0 Å². The first kappa shape index (κ1) is 16.0. The zero-order valence-corrected chi connectivity index (χ0v) is 15.0. The van der Waals surface area contributed by atoms with Gasteiger partial charge in [-0.2, -0.15) is 0 Å². The quantitative estimate of drug-likeness (QED) is 0.745. The van der Waals surface area contributed by atoms with Gasteiger partial charge in [0.25, 0.3) is 0 Å². The molecule has 0 bridgehead atoms. The van der Waals surface area contributed by atoms with Crippen molar-refractivity contribution in [1.82, 2.24) is 14.9 Å². The molecule has 1 aromatic carbocycles. The summed E-state index contributed by atoms with van der Waals surface area (Å²) in [5, 5.41) is 1.24. The third-order valence-corrected chi connectivity index (χ3v) is 5.36. The number of aromatic amines is 1. The van der Waals surface area contributed by atoms with E-state index >= 15 is 0 Å². The molecule has 0 amide bonds. The van der Waals surface area contributed by atoms with E-state index in [1.165, 1.54) is 27.0 Å². The van der Waals surface area contributed by atoms with Crippen molar-refractivity contribution >= 4 is 22.2 Å². The lowest BCUT2D eigenvalue weighted by atomic mass is 10.1. The first-order valence-corrected chi connectivity index (χ1v) is 8.69. The largest absolute Gasteiger partial charge is 0.497 e. The number of ether oxygens (including phenoxy) is 1. The molecule has 2 aromatic heterocycles. The van der Waals surface area contributed by atoms with Crippen molar-refractivity contribution in [3.8, 4) is 5.75 Å². The first-order chi connectivity index (χ1) is 11.1. The number of aromatic nitrogens is 2. The average Bonchev–Trinajstić information content (AvgIpc) is 3.09. The molecule has 0 aliphatic heterocycles. The van der Waals surface area contributed by atoms with Crippen LogP contribution in [-0.2, 0) is 13.0 Å². The van der Waals surface area contributed by atoms with E-state index in [4.69, 9.17) is 4.74 Å². The smallest absolute Gasteiger partial charge is 0.119 e. The Morgan fingerprint density at radius 3 is 2.83 bits per heavy atom. The molecule has 122 valence electrons. The van der Waals surface area contributed by atoms with Gasteiger partial charge in [0.15, 0.2) is 0 Å². The van der Waals surface area contributed by atoms with E-state index in [1.807, 2.05) is 11.6 Å². The highest BCUT2D eigenvalue weighted by Crippen LogP contribution is 2.26. The third-order valence-electron chi connectivity index (χ3n) is 4.36. The predicted molar refractivity (Wildman–Crippen MR) is 96.5 cm³/mol. The Morgan fingerprint density at radius 2 is 2.13 bits per heavy atom. The third kappa shape index (κ3) is 3.41. The molecule has 0 saturated carbocycles. The van der Waals surface area contributed by atoms with Crippen LogP contribution in [0.2, 0.25) is 0 Å². The number of fused-ring (bicyclic) bond motifs is 1. The van der Waals surface area contributed by atoms with Gasteiger partial charge in [-0.15, -0.1) is 11.3 Å². The summed E-state index contributed by atoms with van der Waals surface area (Å²) in [4.78, 5) is 11.6. The molecule has 1 N–H and O–H groups in total. The number of methoxy groups -OCH3 is 1. The zero-order valence-electron chi connectivity index (χ0n) is 14.1. The van der Waals surface area contributed by atoms with Crippen molar-refractivity contribution in [3.05, 3.63) is 45.5 Å². The van der Waals surface area contributed by atoms with E-state index in [-0.39, 0.29) is 0 Å². The summed E-state index contributed by atoms with van der Waals surface area (Å²) in [6.45, 7) is 6.21. The van der Waals surface area contributed by atoms with Crippen molar-refractivity contribution in [3.63, 3.8) is 0 Å². The Morgan fingerprint density at radius 1 is 1.30 bits per heavy atom. The number of hydrogen-bond acceptors (Lipinski definition) is 4. The zero-order chi connectivity index (χ0) is 16.4. The number of nitrogens with one attached hydrogen (secondary N) is 1. The summed E-state index contributed by atoms with van der Waals surface area (Å²) in [5.74, 6) is 0.903. The van der Waals surface area contributed by atoms with E-state index in [1.54, 1.807) is 18.4 Å². The van der Waals surface area contributed by atoms with Gasteiger partial charge in [0.05, 0.1) is 18.3 Å². The van der Waals surface area contributed by atoms with E-state index in [2.05, 4.69) is 47.9 Å². The summed E-state index contributed by atoms with van der Waals surface area (Å²) in [6, 6.07) is 6.19.